The number of carbonyl (C=O) groups is 1. The lowest BCUT2D eigenvalue weighted by Gasteiger charge is -2.40. The van der Waals surface area contributed by atoms with E-state index in [1.165, 1.54) is 44.9 Å². The molecule has 0 radical (unpaired) electrons. The summed E-state index contributed by atoms with van der Waals surface area (Å²) < 4.78 is 12.1. The number of nitrogens with zero attached hydrogens (tertiary/aromatic N) is 1. The molecule has 2 saturated carbocycles. The first-order chi connectivity index (χ1) is 13.7. The van der Waals surface area contributed by atoms with Gasteiger partial charge in [-0.15, -0.1) is 0 Å². The molecule has 0 bridgehead atoms. The minimum atomic E-state index is -0.383. The van der Waals surface area contributed by atoms with Crippen molar-refractivity contribution < 1.29 is 19.4 Å². The van der Waals surface area contributed by atoms with Crippen molar-refractivity contribution in [1.29, 1.82) is 0 Å². The van der Waals surface area contributed by atoms with Gasteiger partial charge in [-0.1, -0.05) is 32.1 Å². The molecule has 1 heterocycles. The van der Waals surface area contributed by atoms with E-state index < -0.39 is 0 Å². The highest BCUT2D eigenvalue weighted by Crippen LogP contribution is 2.43. The molecule has 1 N–H and O–H groups in total. The highest BCUT2D eigenvalue weighted by molar-refractivity contribution is 5.91. The van der Waals surface area contributed by atoms with Gasteiger partial charge in [0.1, 0.15) is 0 Å². The van der Waals surface area contributed by atoms with Crippen molar-refractivity contribution >= 4 is 5.91 Å². The maximum absolute atomic E-state index is 13.3. The van der Waals surface area contributed by atoms with Crippen LogP contribution in [0.25, 0.3) is 0 Å². The van der Waals surface area contributed by atoms with Gasteiger partial charge in [0, 0.05) is 32.2 Å². The topological polar surface area (TPSA) is 59.0 Å². The number of ether oxygens (including phenoxy) is 2. The molecule has 160 valence electrons. The van der Waals surface area contributed by atoms with Crippen molar-refractivity contribution in [2.45, 2.75) is 89.9 Å². The zero-order chi connectivity index (χ0) is 19.9. The van der Waals surface area contributed by atoms with Gasteiger partial charge in [-0.2, -0.15) is 0 Å². The average molecular weight is 394 g/mol. The van der Waals surface area contributed by atoms with Crippen molar-refractivity contribution in [3.8, 4) is 0 Å². The standard InChI is InChI=1S/C23H39NO4/c1-3-27-23-19(14-9-15-25)20(17-10-7-8-11-17)16-21(28-23)22(26)24(2)18-12-5-4-6-13-18/h16-20,23,25H,3-15H2,1-2H3/t19-,20+,23+/m0/s1. The first-order valence-corrected chi connectivity index (χ1v) is 11.5. The van der Waals surface area contributed by atoms with Gasteiger partial charge in [0.15, 0.2) is 5.76 Å². The Morgan fingerprint density at radius 2 is 1.86 bits per heavy atom. The summed E-state index contributed by atoms with van der Waals surface area (Å²) in [6, 6.07) is 0.327. The number of hydrogen-bond donors (Lipinski definition) is 1. The Balaban J connectivity index is 1.80. The number of likely N-dealkylation sites (N-methyl/N-ethyl adjacent to an activating group) is 1. The summed E-state index contributed by atoms with van der Waals surface area (Å²) in [5, 5.41) is 9.36. The minimum Gasteiger partial charge on any atom is -0.459 e. The molecular formula is C23H39NO4. The Hall–Kier alpha value is -1.07. The molecule has 0 saturated heterocycles. The van der Waals surface area contributed by atoms with Crippen molar-refractivity contribution in [3.05, 3.63) is 11.8 Å². The van der Waals surface area contributed by atoms with Crippen LogP contribution in [0.4, 0.5) is 0 Å². The van der Waals surface area contributed by atoms with Crippen LogP contribution in [0, 0.1) is 17.8 Å². The van der Waals surface area contributed by atoms with Crippen LogP contribution in [0.2, 0.25) is 0 Å². The molecule has 0 aromatic heterocycles. The molecule has 28 heavy (non-hydrogen) atoms. The zero-order valence-electron chi connectivity index (χ0n) is 17.8. The molecule has 1 aliphatic heterocycles. The number of amides is 1. The summed E-state index contributed by atoms with van der Waals surface area (Å²) in [5.74, 6) is 1.62. The molecule has 2 fully saturated rings. The molecule has 0 unspecified atom stereocenters. The number of hydrogen-bond acceptors (Lipinski definition) is 4. The predicted molar refractivity (Wildman–Crippen MR) is 109 cm³/mol. The molecular weight excluding hydrogens is 354 g/mol. The summed E-state index contributed by atoms with van der Waals surface area (Å²) in [5.41, 5.74) is 0. The van der Waals surface area contributed by atoms with Crippen LogP contribution >= 0.6 is 0 Å². The molecule has 3 atom stereocenters. The van der Waals surface area contributed by atoms with Gasteiger partial charge in [0.25, 0.3) is 5.91 Å². The summed E-state index contributed by atoms with van der Waals surface area (Å²) in [6.07, 6.45) is 14.2. The smallest absolute Gasteiger partial charge is 0.288 e. The molecule has 0 aromatic rings. The Labute approximate surface area is 170 Å². The van der Waals surface area contributed by atoms with Gasteiger partial charge in [-0.3, -0.25) is 4.79 Å². The second-order valence-electron chi connectivity index (χ2n) is 8.83. The lowest BCUT2D eigenvalue weighted by atomic mass is 9.76. The maximum atomic E-state index is 13.3. The Kier molecular flexibility index (Phi) is 8.22. The lowest BCUT2D eigenvalue weighted by molar-refractivity contribution is -0.179. The number of allylic oxidation sites excluding steroid dienone is 1. The van der Waals surface area contributed by atoms with Crippen molar-refractivity contribution in [2.75, 3.05) is 20.3 Å². The van der Waals surface area contributed by atoms with Gasteiger partial charge in [0.2, 0.25) is 6.29 Å². The highest BCUT2D eigenvalue weighted by Gasteiger charge is 2.42. The lowest BCUT2D eigenvalue weighted by Crippen LogP contribution is -2.44. The number of aliphatic hydroxyl groups is 1. The largest absolute Gasteiger partial charge is 0.459 e. The fraction of sp³-hybridized carbons (Fsp3) is 0.870. The Morgan fingerprint density at radius 1 is 1.18 bits per heavy atom. The third-order valence-corrected chi connectivity index (χ3v) is 7.06. The molecule has 3 aliphatic rings. The van der Waals surface area contributed by atoms with E-state index in [4.69, 9.17) is 9.47 Å². The summed E-state index contributed by atoms with van der Waals surface area (Å²) in [6.45, 7) is 2.73. The zero-order valence-corrected chi connectivity index (χ0v) is 17.8. The van der Waals surface area contributed by atoms with Crippen LogP contribution in [0.3, 0.4) is 0 Å². The second kappa shape index (κ2) is 10.6. The van der Waals surface area contributed by atoms with E-state index in [9.17, 15) is 9.90 Å². The van der Waals surface area contributed by atoms with E-state index in [1.54, 1.807) is 0 Å². The molecule has 2 aliphatic carbocycles. The Bertz CT molecular complexity index is 523. The number of aliphatic hydroxyl groups excluding tert-OH is 1. The molecule has 5 heteroatoms. The number of rotatable bonds is 8. The third kappa shape index (κ3) is 5.10. The SMILES string of the molecule is CCO[C@@H]1OC(C(=O)N(C)C2CCCCC2)=C[C@H](C2CCCC2)[C@@H]1CCCO. The predicted octanol–water partition coefficient (Wildman–Crippen LogP) is 4.25. The van der Waals surface area contributed by atoms with Crippen LogP contribution in [-0.4, -0.2) is 48.5 Å². The molecule has 3 rings (SSSR count). The average Bonchev–Trinajstić information content (AvgIpc) is 3.27. The quantitative estimate of drug-likeness (QED) is 0.670. The maximum Gasteiger partial charge on any atom is 0.288 e. The minimum absolute atomic E-state index is 0.0141. The van der Waals surface area contributed by atoms with Crippen molar-refractivity contribution in [2.24, 2.45) is 17.8 Å². The normalized spacial score (nSPS) is 29.4. The van der Waals surface area contributed by atoms with Crippen molar-refractivity contribution in [1.82, 2.24) is 4.90 Å². The van der Waals surface area contributed by atoms with Crippen LogP contribution < -0.4 is 0 Å². The van der Waals surface area contributed by atoms with Gasteiger partial charge < -0.3 is 19.5 Å². The summed E-state index contributed by atoms with van der Waals surface area (Å²) >= 11 is 0. The van der Waals surface area contributed by atoms with Crippen LogP contribution in [0.5, 0.6) is 0 Å². The van der Waals surface area contributed by atoms with Gasteiger partial charge in [0.05, 0.1) is 0 Å². The Morgan fingerprint density at radius 3 is 2.50 bits per heavy atom. The summed E-state index contributed by atoms with van der Waals surface area (Å²) in [4.78, 5) is 15.2. The molecule has 0 spiro atoms. The molecule has 0 aromatic carbocycles. The van der Waals surface area contributed by atoms with Crippen LogP contribution in [-0.2, 0) is 14.3 Å². The number of carbonyl (C=O) groups excluding carboxylic acids is 1. The van der Waals surface area contributed by atoms with E-state index in [1.807, 2.05) is 18.9 Å². The van der Waals surface area contributed by atoms with Crippen LogP contribution in [0.15, 0.2) is 11.8 Å². The van der Waals surface area contributed by atoms with Crippen molar-refractivity contribution in [3.63, 3.8) is 0 Å². The van der Waals surface area contributed by atoms with Crippen LogP contribution in [0.1, 0.15) is 77.6 Å². The second-order valence-corrected chi connectivity index (χ2v) is 8.83. The first kappa shape index (κ1) is 21.6. The first-order valence-electron chi connectivity index (χ1n) is 11.5. The van der Waals surface area contributed by atoms with E-state index >= 15 is 0 Å². The fourth-order valence-electron chi connectivity index (χ4n) is 5.47. The van der Waals surface area contributed by atoms with E-state index in [-0.39, 0.29) is 24.7 Å². The monoisotopic (exact) mass is 393 g/mol. The highest BCUT2D eigenvalue weighted by atomic mass is 16.7. The molecule has 1 amide bonds. The summed E-state index contributed by atoms with van der Waals surface area (Å²) in [7, 11) is 1.93. The third-order valence-electron chi connectivity index (χ3n) is 7.06. The van der Waals surface area contributed by atoms with Gasteiger partial charge in [-0.25, -0.2) is 0 Å². The van der Waals surface area contributed by atoms with E-state index in [2.05, 4.69) is 6.08 Å². The van der Waals surface area contributed by atoms with Gasteiger partial charge >= 0.3 is 0 Å². The van der Waals surface area contributed by atoms with E-state index in [0.29, 0.717) is 30.2 Å². The van der Waals surface area contributed by atoms with E-state index in [0.717, 1.165) is 25.7 Å². The van der Waals surface area contributed by atoms with Gasteiger partial charge in [-0.05, 0) is 63.4 Å². The molecule has 5 nitrogen and oxygen atoms in total. The fourth-order valence-corrected chi connectivity index (χ4v) is 5.47.